The van der Waals surface area contributed by atoms with Crippen LogP contribution in [-0.4, -0.2) is 31.7 Å². The van der Waals surface area contributed by atoms with E-state index in [1.165, 1.54) is 5.56 Å². The van der Waals surface area contributed by atoms with Crippen molar-refractivity contribution in [2.24, 2.45) is 0 Å². The molecule has 0 saturated heterocycles. The quantitative estimate of drug-likeness (QED) is 0.495. The highest BCUT2D eigenvalue weighted by molar-refractivity contribution is 5.17. The van der Waals surface area contributed by atoms with Crippen LogP contribution in [0.3, 0.4) is 0 Å². The minimum atomic E-state index is 0. The van der Waals surface area contributed by atoms with Gasteiger partial charge in [0.2, 0.25) is 0 Å². The van der Waals surface area contributed by atoms with Crippen LogP contribution in [0.2, 0.25) is 0 Å². The fraction of sp³-hybridized carbons (Fsp3) is 0.333. The first-order chi connectivity index (χ1) is 7.64. The molecule has 2 heteroatoms. The summed E-state index contributed by atoms with van der Waals surface area (Å²) in [7, 11) is 4.43. The molecule has 0 fully saturated rings. The molecule has 0 aromatic heterocycles. The standard InChI is InChI=1S/C15H22N.ClH/c1-4-13-16(2,3)14-9-8-12-15-10-6-5-7-11-15;/h4-11H,1,12-14H2,2-3H3;1H/q+1;/p-1. The minimum absolute atomic E-state index is 0. The molecule has 0 heterocycles. The summed E-state index contributed by atoms with van der Waals surface area (Å²) in [5.41, 5.74) is 1.37. The Bertz CT molecular complexity index is 341. The molecular formula is C15H22ClN. The van der Waals surface area contributed by atoms with Crippen LogP contribution in [0.5, 0.6) is 0 Å². The van der Waals surface area contributed by atoms with Gasteiger partial charge in [0.1, 0.15) is 0 Å². The van der Waals surface area contributed by atoms with Crippen LogP contribution in [-0.2, 0) is 6.42 Å². The van der Waals surface area contributed by atoms with Gasteiger partial charge in [-0.2, -0.15) is 0 Å². The van der Waals surface area contributed by atoms with Gasteiger partial charge in [-0.25, -0.2) is 0 Å². The van der Waals surface area contributed by atoms with E-state index in [2.05, 4.69) is 63.2 Å². The fourth-order valence-electron chi connectivity index (χ4n) is 1.62. The Morgan fingerprint density at radius 2 is 1.71 bits per heavy atom. The van der Waals surface area contributed by atoms with Crippen LogP contribution in [0.4, 0.5) is 0 Å². The summed E-state index contributed by atoms with van der Waals surface area (Å²) >= 11 is 0. The van der Waals surface area contributed by atoms with Gasteiger partial charge < -0.3 is 16.9 Å². The van der Waals surface area contributed by atoms with E-state index in [9.17, 15) is 0 Å². The normalized spacial score (nSPS) is 11.2. The zero-order valence-corrected chi connectivity index (χ0v) is 11.5. The van der Waals surface area contributed by atoms with E-state index in [4.69, 9.17) is 0 Å². The Kier molecular flexibility index (Phi) is 7.60. The molecule has 0 unspecified atom stereocenters. The van der Waals surface area contributed by atoms with Crippen LogP contribution >= 0.6 is 0 Å². The molecule has 94 valence electrons. The van der Waals surface area contributed by atoms with E-state index >= 15 is 0 Å². The monoisotopic (exact) mass is 251 g/mol. The van der Waals surface area contributed by atoms with Crippen LogP contribution in [0, 0.1) is 0 Å². The van der Waals surface area contributed by atoms with Crippen LogP contribution in [0.1, 0.15) is 5.56 Å². The Morgan fingerprint density at radius 1 is 1.06 bits per heavy atom. The lowest BCUT2D eigenvalue weighted by Crippen LogP contribution is -3.00. The van der Waals surface area contributed by atoms with E-state index in [0.29, 0.717) is 0 Å². The van der Waals surface area contributed by atoms with Crippen molar-refractivity contribution in [3.8, 4) is 0 Å². The predicted molar refractivity (Wildman–Crippen MR) is 71.3 cm³/mol. The highest BCUT2D eigenvalue weighted by Crippen LogP contribution is 2.01. The molecule has 1 aromatic carbocycles. The fourth-order valence-corrected chi connectivity index (χ4v) is 1.62. The molecular weight excluding hydrogens is 230 g/mol. The third-order valence-electron chi connectivity index (χ3n) is 2.59. The molecule has 1 nitrogen and oxygen atoms in total. The van der Waals surface area contributed by atoms with Gasteiger partial charge in [-0.05, 0) is 24.1 Å². The van der Waals surface area contributed by atoms with Crippen LogP contribution in [0.25, 0.3) is 0 Å². The number of hydrogen-bond donors (Lipinski definition) is 0. The molecule has 0 aliphatic heterocycles. The number of quaternary nitrogens is 1. The largest absolute Gasteiger partial charge is 1.00 e. The maximum atomic E-state index is 3.78. The van der Waals surface area contributed by atoms with Gasteiger partial charge in [-0.1, -0.05) is 43.0 Å². The van der Waals surface area contributed by atoms with Crippen molar-refractivity contribution in [3.05, 3.63) is 60.7 Å². The van der Waals surface area contributed by atoms with Crippen LogP contribution < -0.4 is 12.4 Å². The lowest BCUT2D eigenvalue weighted by Gasteiger charge is -2.26. The van der Waals surface area contributed by atoms with Crippen molar-refractivity contribution in [2.75, 3.05) is 27.2 Å². The number of halogens is 1. The summed E-state index contributed by atoms with van der Waals surface area (Å²) in [6.45, 7) is 5.85. The summed E-state index contributed by atoms with van der Waals surface area (Å²) in [5.74, 6) is 0. The van der Waals surface area contributed by atoms with E-state index in [0.717, 1.165) is 24.0 Å². The molecule has 0 aliphatic rings. The summed E-state index contributed by atoms with van der Waals surface area (Å²) in [5, 5.41) is 0. The molecule has 0 spiro atoms. The Hall–Kier alpha value is -1.05. The Morgan fingerprint density at radius 3 is 2.29 bits per heavy atom. The van der Waals surface area contributed by atoms with Crippen molar-refractivity contribution in [2.45, 2.75) is 6.42 Å². The Labute approximate surface area is 111 Å². The SMILES string of the molecule is C=CC[N+](C)(C)CC=CCc1ccccc1.[Cl-]. The average molecular weight is 252 g/mol. The summed E-state index contributed by atoms with van der Waals surface area (Å²) in [4.78, 5) is 0. The number of rotatable bonds is 6. The predicted octanol–water partition coefficient (Wildman–Crippen LogP) is 0.0517. The van der Waals surface area contributed by atoms with Gasteiger partial charge in [0.05, 0.1) is 27.2 Å². The van der Waals surface area contributed by atoms with Crippen molar-refractivity contribution < 1.29 is 16.9 Å². The molecule has 0 aliphatic carbocycles. The van der Waals surface area contributed by atoms with Gasteiger partial charge in [0.25, 0.3) is 0 Å². The third-order valence-corrected chi connectivity index (χ3v) is 2.59. The van der Waals surface area contributed by atoms with Gasteiger partial charge in [-0.15, -0.1) is 0 Å². The first-order valence-electron chi connectivity index (χ1n) is 5.76. The van der Waals surface area contributed by atoms with E-state index in [-0.39, 0.29) is 12.4 Å². The lowest BCUT2D eigenvalue weighted by molar-refractivity contribution is -0.878. The number of hydrogen-bond acceptors (Lipinski definition) is 0. The molecule has 0 saturated carbocycles. The number of likely N-dealkylation sites (N-methyl/N-ethyl adjacent to an activating group) is 1. The van der Waals surface area contributed by atoms with Crippen molar-refractivity contribution in [1.29, 1.82) is 0 Å². The van der Waals surface area contributed by atoms with E-state index in [1.54, 1.807) is 0 Å². The maximum Gasteiger partial charge on any atom is 0.0972 e. The molecule has 1 rings (SSSR count). The lowest BCUT2D eigenvalue weighted by atomic mass is 10.1. The van der Waals surface area contributed by atoms with Gasteiger partial charge in [0, 0.05) is 0 Å². The zero-order valence-electron chi connectivity index (χ0n) is 10.8. The van der Waals surface area contributed by atoms with Crippen molar-refractivity contribution in [1.82, 2.24) is 0 Å². The molecule has 17 heavy (non-hydrogen) atoms. The van der Waals surface area contributed by atoms with Gasteiger partial charge >= 0.3 is 0 Å². The smallest absolute Gasteiger partial charge is 0.0972 e. The average Bonchev–Trinajstić information content (AvgIpc) is 2.26. The second-order valence-corrected chi connectivity index (χ2v) is 4.75. The van der Waals surface area contributed by atoms with E-state index < -0.39 is 0 Å². The second kappa shape index (κ2) is 8.10. The third kappa shape index (κ3) is 6.98. The molecule has 0 amide bonds. The summed E-state index contributed by atoms with van der Waals surface area (Å²) in [6, 6.07) is 10.5. The number of allylic oxidation sites excluding steroid dienone is 1. The first kappa shape index (κ1) is 16.0. The molecule has 0 radical (unpaired) electrons. The van der Waals surface area contributed by atoms with Crippen molar-refractivity contribution in [3.63, 3.8) is 0 Å². The summed E-state index contributed by atoms with van der Waals surface area (Å²) < 4.78 is 0.967. The van der Waals surface area contributed by atoms with Crippen molar-refractivity contribution >= 4 is 0 Å². The van der Waals surface area contributed by atoms with Gasteiger partial charge in [-0.3, -0.25) is 0 Å². The molecule has 0 bridgehead atoms. The molecule has 1 aromatic rings. The first-order valence-corrected chi connectivity index (χ1v) is 5.76. The molecule has 0 atom stereocenters. The zero-order chi connectivity index (χ0) is 11.9. The second-order valence-electron chi connectivity index (χ2n) is 4.75. The summed E-state index contributed by atoms with van der Waals surface area (Å²) in [6.07, 6.45) is 7.51. The number of nitrogens with zero attached hydrogens (tertiary/aromatic N) is 1. The number of benzene rings is 1. The molecule has 0 N–H and O–H groups in total. The van der Waals surface area contributed by atoms with Gasteiger partial charge in [0.15, 0.2) is 0 Å². The van der Waals surface area contributed by atoms with E-state index in [1.807, 2.05) is 6.08 Å². The minimum Gasteiger partial charge on any atom is -1.00 e. The van der Waals surface area contributed by atoms with Crippen LogP contribution in [0.15, 0.2) is 55.1 Å². The highest BCUT2D eigenvalue weighted by atomic mass is 35.5. The highest BCUT2D eigenvalue weighted by Gasteiger charge is 2.08. The maximum absolute atomic E-state index is 3.78. The Balaban J connectivity index is 0.00000256. The topological polar surface area (TPSA) is 0 Å².